The first kappa shape index (κ1) is 12.2. The number of aliphatic hydroxyl groups excluding tert-OH is 1. The Labute approximate surface area is 111 Å². The van der Waals surface area contributed by atoms with Crippen LogP contribution in [-0.4, -0.2) is 12.2 Å². The van der Waals surface area contributed by atoms with Crippen LogP contribution in [0.25, 0.3) is 0 Å². The van der Waals surface area contributed by atoms with E-state index >= 15 is 0 Å². The molecule has 98 valence electrons. The van der Waals surface area contributed by atoms with Crippen molar-refractivity contribution in [1.29, 1.82) is 0 Å². The second kappa shape index (κ2) is 4.67. The van der Waals surface area contributed by atoms with Crippen molar-refractivity contribution in [2.24, 2.45) is 0 Å². The first-order chi connectivity index (χ1) is 9.20. The van der Waals surface area contributed by atoms with Gasteiger partial charge in [0, 0.05) is 5.92 Å². The lowest BCUT2D eigenvalue weighted by molar-refractivity contribution is 0.134. The Morgan fingerprint density at radius 2 is 2.05 bits per heavy atom. The molecule has 3 heteroatoms. The van der Waals surface area contributed by atoms with E-state index in [2.05, 4.69) is 6.07 Å². The van der Waals surface area contributed by atoms with Gasteiger partial charge >= 0.3 is 0 Å². The van der Waals surface area contributed by atoms with Crippen LogP contribution in [0.1, 0.15) is 28.7 Å². The summed E-state index contributed by atoms with van der Waals surface area (Å²) in [5.41, 5.74) is 3.02. The zero-order valence-electron chi connectivity index (χ0n) is 10.6. The van der Waals surface area contributed by atoms with Crippen LogP contribution < -0.4 is 4.74 Å². The number of halogens is 1. The third kappa shape index (κ3) is 2.00. The minimum atomic E-state index is -0.671. The molecule has 0 fully saturated rings. The molecule has 2 aromatic carbocycles. The van der Waals surface area contributed by atoms with Gasteiger partial charge in [-0.05, 0) is 35.2 Å². The van der Waals surface area contributed by atoms with E-state index in [4.69, 9.17) is 4.74 Å². The summed E-state index contributed by atoms with van der Waals surface area (Å²) in [5.74, 6) is -0.180. The highest BCUT2D eigenvalue weighted by Gasteiger charge is 2.32. The Morgan fingerprint density at radius 3 is 2.74 bits per heavy atom. The predicted molar refractivity (Wildman–Crippen MR) is 70.8 cm³/mol. The molecule has 2 aromatic rings. The van der Waals surface area contributed by atoms with Crippen LogP contribution in [0.5, 0.6) is 5.75 Å². The molecule has 0 aromatic heterocycles. The van der Waals surface area contributed by atoms with Crippen molar-refractivity contribution in [3.05, 3.63) is 65.0 Å². The summed E-state index contributed by atoms with van der Waals surface area (Å²) in [5, 5.41) is 10.4. The van der Waals surface area contributed by atoms with Gasteiger partial charge in [0.1, 0.15) is 0 Å². The van der Waals surface area contributed by atoms with Gasteiger partial charge in [0.2, 0.25) is 0 Å². The summed E-state index contributed by atoms with van der Waals surface area (Å²) in [6, 6.07) is 12.7. The fraction of sp³-hybridized carbons (Fsp3) is 0.250. The standard InChI is InChI=1S/C16H15FO2/c1-19-15-7-6-11(9-14(15)17)16(18)13-8-10-4-2-3-5-12(10)13/h2-7,9,13,16,18H,8H2,1H3. The zero-order chi connectivity index (χ0) is 13.4. The van der Waals surface area contributed by atoms with E-state index in [0.29, 0.717) is 5.56 Å². The van der Waals surface area contributed by atoms with Gasteiger partial charge in [0.15, 0.2) is 11.6 Å². The SMILES string of the molecule is COc1ccc(C(O)C2Cc3ccccc32)cc1F. The van der Waals surface area contributed by atoms with Crippen LogP contribution in [0.4, 0.5) is 4.39 Å². The molecule has 1 aliphatic rings. The average molecular weight is 258 g/mol. The molecule has 2 nitrogen and oxygen atoms in total. The first-order valence-corrected chi connectivity index (χ1v) is 6.30. The van der Waals surface area contributed by atoms with E-state index in [9.17, 15) is 9.50 Å². The molecular weight excluding hydrogens is 243 g/mol. The van der Waals surface area contributed by atoms with Gasteiger partial charge in [-0.25, -0.2) is 4.39 Å². The van der Waals surface area contributed by atoms with Crippen LogP contribution in [0, 0.1) is 5.82 Å². The van der Waals surface area contributed by atoms with Crippen LogP contribution in [0.3, 0.4) is 0 Å². The Kier molecular flexibility index (Phi) is 2.99. The highest BCUT2D eigenvalue weighted by atomic mass is 19.1. The number of methoxy groups -OCH3 is 1. The summed E-state index contributed by atoms with van der Waals surface area (Å²) < 4.78 is 18.5. The average Bonchev–Trinajstić information content (AvgIpc) is 2.40. The van der Waals surface area contributed by atoms with Crippen molar-refractivity contribution in [3.63, 3.8) is 0 Å². The van der Waals surface area contributed by atoms with Crippen molar-refractivity contribution >= 4 is 0 Å². The van der Waals surface area contributed by atoms with Gasteiger partial charge in [-0.15, -0.1) is 0 Å². The van der Waals surface area contributed by atoms with E-state index in [0.717, 1.165) is 12.0 Å². The molecule has 3 rings (SSSR count). The highest BCUT2D eigenvalue weighted by Crippen LogP contribution is 2.43. The van der Waals surface area contributed by atoms with Gasteiger partial charge in [-0.1, -0.05) is 30.3 Å². The fourth-order valence-corrected chi connectivity index (χ4v) is 2.68. The second-order valence-electron chi connectivity index (χ2n) is 4.85. The highest BCUT2D eigenvalue weighted by molar-refractivity contribution is 5.43. The molecule has 0 saturated heterocycles. The number of rotatable bonds is 3. The maximum absolute atomic E-state index is 13.7. The monoisotopic (exact) mass is 258 g/mol. The lowest BCUT2D eigenvalue weighted by Crippen LogP contribution is -2.23. The molecule has 0 spiro atoms. The molecule has 0 amide bonds. The first-order valence-electron chi connectivity index (χ1n) is 6.30. The fourth-order valence-electron chi connectivity index (χ4n) is 2.68. The molecular formula is C16H15FO2. The molecule has 1 aliphatic carbocycles. The van der Waals surface area contributed by atoms with Crippen molar-refractivity contribution in [3.8, 4) is 5.75 Å². The number of ether oxygens (including phenoxy) is 1. The van der Waals surface area contributed by atoms with Crippen molar-refractivity contribution in [1.82, 2.24) is 0 Å². The maximum atomic E-state index is 13.7. The van der Waals surface area contributed by atoms with E-state index in [1.54, 1.807) is 12.1 Å². The maximum Gasteiger partial charge on any atom is 0.165 e. The van der Waals surface area contributed by atoms with Crippen molar-refractivity contribution in [2.45, 2.75) is 18.4 Å². The second-order valence-corrected chi connectivity index (χ2v) is 4.85. The summed E-state index contributed by atoms with van der Waals surface area (Å²) in [6.45, 7) is 0. The van der Waals surface area contributed by atoms with Gasteiger partial charge in [0.05, 0.1) is 13.2 Å². The van der Waals surface area contributed by atoms with Crippen LogP contribution in [0.2, 0.25) is 0 Å². The van der Waals surface area contributed by atoms with Gasteiger partial charge in [-0.2, -0.15) is 0 Å². The number of aliphatic hydroxyl groups is 1. The van der Waals surface area contributed by atoms with E-state index in [-0.39, 0.29) is 11.7 Å². The van der Waals surface area contributed by atoms with Crippen LogP contribution in [-0.2, 0) is 6.42 Å². The molecule has 2 atom stereocenters. The molecule has 0 heterocycles. The molecule has 0 bridgehead atoms. The lowest BCUT2D eigenvalue weighted by atomic mass is 9.73. The number of hydrogen-bond acceptors (Lipinski definition) is 2. The smallest absolute Gasteiger partial charge is 0.165 e. The quantitative estimate of drug-likeness (QED) is 0.916. The number of fused-ring (bicyclic) bond motifs is 1. The minimum absolute atomic E-state index is 0.0593. The predicted octanol–water partition coefficient (Wildman–Crippen LogP) is 3.21. The largest absolute Gasteiger partial charge is 0.494 e. The summed E-state index contributed by atoms with van der Waals surface area (Å²) >= 11 is 0. The zero-order valence-corrected chi connectivity index (χ0v) is 10.6. The summed E-state index contributed by atoms with van der Waals surface area (Å²) in [4.78, 5) is 0. The Bertz CT molecular complexity index is 609. The van der Waals surface area contributed by atoms with E-state index < -0.39 is 11.9 Å². The normalized spacial score (nSPS) is 18.4. The van der Waals surface area contributed by atoms with E-state index in [1.807, 2.05) is 18.2 Å². The number of benzene rings is 2. The summed E-state index contributed by atoms with van der Waals surface area (Å²) in [7, 11) is 1.43. The van der Waals surface area contributed by atoms with Gasteiger partial charge < -0.3 is 9.84 Å². The topological polar surface area (TPSA) is 29.5 Å². The molecule has 0 saturated carbocycles. The molecule has 2 unspecified atom stereocenters. The lowest BCUT2D eigenvalue weighted by Gasteiger charge is -2.34. The van der Waals surface area contributed by atoms with Gasteiger partial charge in [0.25, 0.3) is 0 Å². The molecule has 0 aliphatic heterocycles. The van der Waals surface area contributed by atoms with Crippen molar-refractivity contribution < 1.29 is 14.2 Å². The number of hydrogen-bond donors (Lipinski definition) is 1. The van der Waals surface area contributed by atoms with Gasteiger partial charge in [-0.3, -0.25) is 0 Å². The third-order valence-electron chi connectivity index (χ3n) is 3.79. The van der Waals surface area contributed by atoms with E-state index in [1.165, 1.54) is 18.7 Å². The summed E-state index contributed by atoms with van der Waals surface area (Å²) in [6.07, 6.45) is 0.167. The van der Waals surface area contributed by atoms with Crippen LogP contribution in [0.15, 0.2) is 42.5 Å². The molecule has 0 radical (unpaired) electrons. The molecule has 19 heavy (non-hydrogen) atoms. The molecule has 1 N–H and O–H groups in total. The van der Waals surface area contributed by atoms with Crippen LogP contribution >= 0.6 is 0 Å². The minimum Gasteiger partial charge on any atom is -0.494 e. The Balaban J connectivity index is 1.86. The third-order valence-corrected chi connectivity index (χ3v) is 3.79. The van der Waals surface area contributed by atoms with Crippen molar-refractivity contribution in [2.75, 3.05) is 7.11 Å². The Hall–Kier alpha value is -1.87. The Morgan fingerprint density at radius 1 is 1.26 bits per heavy atom.